The summed E-state index contributed by atoms with van der Waals surface area (Å²) >= 11 is 0. The zero-order chi connectivity index (χ0) is 19.8. The fourth-order valence-electron chi connectivity index (χ4n) is 4.02. The van der Waals surface area contributed by atoms with E-state index in [9.17, 15) is 5.11 Å². The van der Waals surface area contributed by atoms with Crippen LogP contribution in [0.5, 0.6) is 11.5 Å². The second-order valence-electron chi connectivity index (χ2n) is 7.35. The molecule has 0 radical (unpaired) electrons. The number of rotatable bonds is 2. The van der Waals surface area contributed by atoms with Gasteiger partial charge in [0.15, 0.2) is 6.54 Å². The number of nitrogens with zero attached hydrogens (tertiary/aromatic N) is 1. The van der Waals surface area contributed by atoms with Crippen LogP contribution in [0.15, 0.2) is 77.2 Å². The van der Waals surface area contributed by atoms with Gasteiger partial charge in [0.1, 0.15) is 29.4 Å². The Morgan fingerprint density at radius 3 is 2.52 bits per heavy atom. The number of fused-ring (bicyclic) bond motifs is 2. The van der Waals surface area contributed by atoms with Crippen LogP contribution in [0.1, 0.15) is 11.1 Å². The lowest BCUT2D eigenvalue weighted by atomic mass is 10.0. The average Bonchev–Trinajstić information content (AvgIpc) is 2.78. The molecule has 144 valence electrons. The van der Waals surface area contributed by atoms with Gasteiger partial charge in [-0.3, -0.25) is 0 Å². The van der Waals surface area contributed by atoms with Crippen molar-refractivity contribution in [3.05, 3.63) is 89.3 Å². The fraction of sp³-hybridized carbons (Fsp3) is 0.160. The number of aromatic hydroxyl groups is 1. The highest BCUT2D eigenvalue weighted by molar-refractivity contribution is 5.80. The van der Waals surface area contributed by atoms with Crippen LogP contribution in [0.4, 0.5) is 0 Å². The van der Waals surface area contributed by atoms with Crippen molar-refractivity contribution in [3.8, 4) is 22.8 Å². The van der Waals surface area contributed by atoms with Crippen molar-refractivity contribution in [1.29, 1.82) is 0 Å². The summed E-state index contributed by atoms with van der Waals surface area (Å²) in [5.41, 5.74) is 4.50. The average molecular weight is 384 g/mol. The van der Waals surface area contributed by atoms with Crippen molar-refractivity contribution in [1.82, 2.24) is 4.58 Å². The first kappa shape index (κ1) is 17.6. The van der Waals surface area contributed by atoms with E-state index in [2.05, 4.69) is 34.9 Å². The molecule has 1 aromatic heterocycles. The molecule has 4 heteroatoms. The van der Waals surface area contributed by atoms with Crippen LogP contribution < -0.4 is 14.7 Å². The van der Waals surface area contributed by atoms with E-state index < -0.39 is 0 Å². The van der Waals surface area contributed by atoms with Crippen LogP contribution in [-0.4, -0.2) is 18.8 Å². The van der Waals surface area contributed by atoms with E-state index in [1.165, 1.54) is 11.1 Å². The number of hydrogen-bond acceptors (Lipinski definition) is 3. The summed E-state index contributed by atoms with van der Waals surface area (Å²) in [6.45, 7) is 1.76. The molecule has 0 saturated heterocycles. The largest absolute Gasteiger partial charge is 0.508 e. The molecule has 4 aromatic rings. The summed E-state index contributed by atoms with van der Waals surface area (Å²) in [5.74, 6) is 1.84. The van der Waals surface area contributed by atoms with Crippen molar-refractivity contribution in [2.75, 3.05) is 13.7 Å². The molecule has 29 heavy (non-hydrogen) atoms. The summed E-state index contributed by atoms with van der Waals surface area (Å²) < 4.78 is 13.8. The van der Waals surface area contributed by atoms with Crippen molar-refractivity contribution >= 4 is 11.0 Å². The van der Waals surface area contributed by atoms with Crippen molar-refractivity contribution < 1.29 is 14.3 Å². The van der Waals surface area contributed by atoms with Crippen LogP contribution in [0.25, 0.3) is 22.3 Å². The van der Waals surface area contributed by atoms with Gasteiger partial charge in [0, 0.05) is 17.5 Å². The predicted octanol–water partition coefficient (Wildman–Crippen LogP) is 4.34. The van der Waals surface area contributed by atoms with Crippen LogP contribution in [0, 0.1) is 0 Å². The lowest BCUT2D eigenvalue weighted by Crippen LogP contribution is -2.35. The zero-order valence-corrected chi connectivity index (χ0v) is 16.3. The predicted molar refractivity (Wildman–Crippen MR) is 114 cm³/mol. The lowest BCUT2D eigenvalue weighted by Gasteiger charge is -2.15. The van der Waals surface area contributed by atoms with E-state index >= 15 is 0 Å². The Kier molecular flexibility index (Phi) is 4.32. The third-order valence-corrected chi connectivity index (χ3v) is 5.57. The minimum absolute atomic E-state index is 0.239. The van der Waals surface area contributed by atoms with Crippen molar-refractivity contribution in [2.45, 2.75) is 13.0 Å². The Balaban J connectivity index is 1.74. The third-order valence-electron chi connectivity index (χ3n) is 5.57. The van der Waals surface area contributed by atoms with E-state index in [0.29, 0.717) is 0 Å². The maximum atomic E-state index is 10.1. The molecule has 0 fully saturated rings. The first-order valence-electron chi connectivity index (χ1n) is 9.77. The van der Waals surface area contributed by atoms with Gasteiger partial charge < -0.3 is 14.3 Å². The highest BCUT2D eigenvalue weighted by Crippen LogP contribution is 2.26. The highest BCUT2D eigenvalue weighted by Gasteiger charge is 2.20. The summed E-state index contributed by atoms with van der Waals surface area (Å²) in [6, 6.07) is 23.8. The second kappa shape index (κ2) is 7.13. The highest BCUT2D eigenvalue weighted by atomic mass is 16.5. The number of phenolic OH excluding ortho intramolecular Hbond substituents is 1. The number of methoxy groups -OCH3 is 1. The van der Waals surface area contributed by atoms with E-state index in [1.54, 1.807) is 19.2 Å². The van der Waals surface area contributed by atoms with Crippen LogP contribution in [-0.2, 0) is 13.0 Å². The molecule has 0 saturated carbocycles. The van der Waals surface area contributed by atoms with Crippen molar-refractivity contribution in [3.63, 3.8) is 0 Å². The van der Waals surface area contributed by atoms with Gasteiger partial charge >= 0.3 is 0 Å². The lowest BCUT2D eigenvalue weighted by molar-refractivity contribution is 0.415. The SMILES string of the molecule is COc1ccc(-c2cc(=[N+]3CCc4ccccc4C3)c3cc(O)ccc3o2)cc1. The Morgan fingerprint density at radius 2 is 1.72 bits per heavy atom. The molecule has 1 aliphatic heterocycles. The van der Waals surface area contributed by atoms with Gasteiger partial charge in [-0.1, -0.05) is 24.3 Å². The fourth-order valence-corrected chi connectivity index (χ4v) is 4.02. The summed E-state index contributed by atoms with van der Waals surface area (Å²) in [6.07, 6.45) is 1.00. The Labute approximate surface area is 168 Å². The summed E-state index contributed by atoms with van der Waals surface area (Å²) in [5, 5.41) is 12.1. The summed E-state index contributed by atoms with van der Waals surface area (Å²) in [4.78, 5) is 0. The maximum Gasteiger partial charge on any atom is 0.215 e. The molecule has 2 heterocycles. The van der Waals surface area contributed by atoms with Crippen LogP contribution in [0.3, 0.4) is 0 Å². The Morgan fingerprint density at radius 1 is 0.931 bits per heavy atom. The molecule has 0 unspecified atom stereocenters. The van der Waals surface area contributed by atoms with E-state index in [0.717, 1.165) is 52.9 Å². The van der Waals surface area contributed by atoms with Crippen LogP contribution >= 0.6 is 0 Å². The molecule has 1 aliphatic rings. The van der Waals surface area contributed by atoms with Gasteiger partial charge in [-0.2, -0.15) is 0 Å². The molecule has 0 aliphatic carbocycles. The van der Waals surface area contributed by atoms with Gasteiger partial charge in [-0.25, -0.2) is 4.58 Å². The number of benzene rings is 3. The maximum absolute atomic E-state index is 10.1. The molecular formula is C25H22NO3+. The molecule has 0 bridgehead atoms. The number of phenols is 1. The van der Waals surface area contributed by atoms with E-state index in [4.69, 9.17) is 9.15 Å². The second-order valence-corrected chi connectivity index (χ2v) is 7.35. The Bertz CT molecular complexity index is 1270. The van der Waals surface area contributed by atoms with Crippen LogP contribution in [0.2, 0.25) is 0 Å². The smallest absolute Gasteiger partial charge is 0.215 e. The molecule has 0 amide bonds. The third kappa shape index (κ3) is 3.27. The van der Waals surface area contributed by atoms with Gasteiger partial charge in [-0.05, 0) is 48.0 Å². The molecule has 4 nitrogen and oxygen atoms in total. The Hall–Kier alpha value is -3.53. The van der Waals surface area contributed by atoms with Gasteiger partial charge in [0.25, 0.3) is 0 Å². The van der Waals surface area contributed by atoms with Gasteiger partial charge in [-0.15, -0.1) is 0 Å². The first-order valence-corrected chi connectivity index (χ1v) is 9.77. The molecule has 5 rings (SSSR count). The summed E-state index contributed by atoms with van der Waals surface area (Å²) in [7, 11) is 1.66. The monoisotopic (exact) mass is 384 g/mol. The zero-order valence-electron chi connectivity index (χ0n) is 16.3. The topological polar surface area (TPSA) is 45.6 Å². The quantitative estimate of drug-likeness (QED) is 0.523. The minimum atomic E-state index is 0.239. The van der Waals surface area contributed by atoms with Gasteiger partial charge in [0.05, 0.1) is 18.6 Å². The van der Waals surface area contributed by atoms with E-state index in [1.807, 2.05) is 30.3 Å². The first-order chi connectivity index (χ1) is 14.2. The van der Waals surface area contributed by atoms with Crippen molar-refractivity contribution in [2.24, 2.45) is 0 Å². The number of ether oxygens (including phenoxy) is 1. The normalized spacial score (nSPS) is 15.2. The molecule has 1 N–H and O–H groups in total. The standard InChI is InChI=1S/C25H21NO3/c1-28-21-9-6-18(7-10-21)25-15-23(22-14-20(27)8-11-24(22)29-25)26-13-12-17-4-2-3-5-19(17)16-26/h2-11,14-15H,12-13,16H2,1H3/p+1. The number of hydrogen-bond donors (Lipinski definition) is 1. The molecule has 3 aromatic carbocycles. The minimum Gasteiger partial charge on any atom is -0.508 e. The molecule has 0 atom stereocenters. The molecular weight excluding hydrogens is 362 g/mol. The van der Waals surface area contributed by atoms with Gasteiger partial charge in [0.2, 0.25) is 5.36 Å². The molecule has 0 spiro atoms. The van der Waals surface area contributed by atoms with E-state index in [-0.39, 0.29) is 5.75 Å².